The molecule has 1 aromatic rings. The van der Waals surface area contributed by atoms with E-state index < -0.39 is 10.1 Å². The van der Waals surface area contributed by atoms with Crippen molar-refractivity contribution in [3.8, 4) is 5.75 Å². The fourth-order valence-corrected chi connectivity index (χ4v) is 2.07. The lowest BCUT2D eigenvalue weighted by atomic mass is 10.1. The maximum atomic E-state index is 11.1. The second kappa shape index (κ2) is 4.75. The highest BCUT2D eigenvalue weighted by atomic mass is 32.2. The van der Waals surface area contributed by atoms with Gasteiger partial charge < -0.3 is 9.50 Å². The highest BCUT2D eigenvalue weighted by Gasteiger charge is 2.12. The van der Waals surface area contributed by atoms with E-state index in [9.17, 15) is 13.2 Å². The van der Waals surface area contributed by atoms with E-state index in [0.29, 0.717) is 22.6 Å². The van der Waals surface area contributed by atoms with Gasteiger partial charge in [0.2, 0.25) is 5.91 Å². The molecule has 0 spiro atoms. The Kier molecular flexibility index (Phi) is 3.77. The molecule has 0 atom stereocenters. The van der Waals surface area contributed by atoms with Crippen LogP contribution in [-0.4, -0.2) is 20.6 Å². The van der Waals surface area contributed by atoms with Crippen molar-refractivity contribution in [3.63, 3.8) is 0 Å². The lowest BCUT2D eigenvalue weighted by molar-refractivity contribution is -0.114. The van der Waals surface area contributed by atoms with Gasteiger partial charge in [-0.05, 0) is 37.1 Å². The molecule has 0 aliphatic heterocycles. The average molecular weight is 257 g/mol. The number of hydrogen-bond donors (Lipinski definition) is 1. The minimum atomic E-state index is -3.55. The van der Waals surface area contributed by atoms with Crippen molar-refractivity contribution in [2.75, 3.05) is 11.6 Å². The van der Waals surface area contributed by atoms with Crippen molar-refractivity contribution in [1.82, 2.24) is 0 Å². The Morgan fingerprint density at radius 2 is 1.71 bits per heavy atom. The summed E-state index contributed by atoms with van der Waals surface area (Å²) in [5.74, 6) is 0.127. The molecular formula is C11H15NO4S. The zero-order valence-electron chi connectivity index (χ0n) is 10.2. The van der Waals surface area contributed by atoms with E-state index in [2.05, 4.69) is 5.32 Å². The summed E-state index contributed by atoms with van der Waals surface area (Å²) in [6, 6.07) is 3.32. The first-order chi connectivity index (χ1) is 7.69. The summed E-state index contributed by atoms with van der Waals surface area (Å²) < 4.78 is 27.0. The molecule has 1 N–H and O–H groups in total. The summed E-state index contributed by atoms with van der Waals surface area (Å²) in [7, 11) is -3.55. The summed E-state index contributed by atoms with van der Waals surface area (Å²) in [4.78, 5) is 10.9. The van der Waals surface area contributed by atoms with E-state index in [1.54, 1.807) is 26.0 Å². The first-order valence-electron chi connectivity index (χ1n) is 4.97. The number of anilines is 1. The normalized spacial score (nSPS) is 11.1. The van der Waals surface area contributed by atoms with Gasteiger partial charge in [-0.2, -0.15) is 8.42 Å². The number of benzene rings is 1. The molecule has 1 amide bonds. The van der Waals surface area contributed by atoms with Gasteiger partial charge in [0.15, 0.2) is 0 Å². The number of rotatable bonds is 3. The lowest BCUT2D eigenvalue weighted by Gasteiger charge is -2.12. The standard InChI is InChI=1S/C11H15NO4S/c1-7-5-10(12-9(3)13)6-8(2)11(7)16-17(4,14)15/h5-6H,1-4H3,(H,12,13). The zero-order valence-corrected chi connectivity index (χ0v) is 11.0. The van der Waals surface area contributed by atoms with Crippen molar-refractivity contribution in [2.45, 2.75) is 20.8 Å². The van der Waals surface area contributed by atoms with E-state index in [1.165, 1.54) is 6.92 Å². The van der Waals surface area contributed by atoms with E-state index in [-0.39, 0.29) is 5.91 Å². The van der Waals surface area contributed by atoms with Crippen LogP contribution >= 0.6 is 0 Å². The predicted molar refractivity (Wildman–Crippen MR) is 65.7 cm³/mol. The van der Waals surface area contributed by atoms with Gasteiger partial charge in [0.05, 0.1) is 6.26 Å². The maximum absolute atomic E-state index is 11.1. The van der Waals surface area contributed by atoms with Crippen LogP contribution in [0.15, 0.2) is 12.1 Å². The van der Waals surface area contributed by atoms with Crippen LogP contribution in [-0.2, 0) is 14.9 Å². The molecule has 5 nitrogen and oxygen atoms in total. The van der Waals surface area contributed by atoms with E-state index in [4.69, 9.17) is 4.18 Å². The third-order valence-corrected chi connectivity index (χ3v) is 2.48. The van der Waals surface area contributed by atoms with Gasteiger partial charge in [-0.25, -0.2) is 0 Å². The predicted octanol–water partition coefficient (Wildman–Crippen LogP) is 1.60. The lowest BCUT2D eigenvalue weighted by Crippen LogP contribution is -2.10. The van der Waals surface area contributed by atoms with Crippen LogP contribution in [0.5, 0.6) is 5.75 Å². The molecule has 1 aromatic carbocycles. The SMILES string of the molecule is CC(=O)Nc1cc(C)c(OS(C)(=O)=O)c(C)c1. The topological polar surface area (TPSA) is 72.5 Å². The molecular weight excluding hydrogens is 242 g/mol. The Labute approximate surface area is 101 Å². The Hall–Kier alpha value is -1.56. The zero-order chi connectivity index (χ0) is 13.2. The van der Waals surface area contributed by atoms with Crippen LogP contribution in [0.4, 0.5) is 5.69 Å². The van der Waals surface area contributed by atoms with Gasteiger partial charge in [0, 0.05) is 12.6 Å². The summed E-state index contributed by atoms with van der Waals surface area (Å²) in [5, 5.41) is 2.63. The van der Waals surface area contributed by atoms with Gasteiger partial charge in [0.1, 0.15) is 5.75 Å². The molecule has 0 radical (unpaired) electrons. The average Bonchev–Trinajstić information content (AvgIpc) is 2.08. The monoisotopic (exact) mass is 257 g/mol. The molecule has 94 valence electrons. The number of nitrogens with one attached hydrogen (secondary N) is 1. The molecule has 0 bridgehead atoms. The van der Waals surface area contributed by atoms with Crippen molar-refractivity contribution in [1.29, 1.82) is 0 Å². The highest BCUT2D eigenvalue weighted by Crippen LogP contribution is 2.28. The third kappa shape index (κ3) is 4.07. The number of aryl methyl sites for hydroxylation is 2. The van der Waals surface area contributed by atoms with E-state index in [0.717, 1.165) is 6.26 Å². The molecule has 1 rings (SSSR count). The summed E-state index contributed by atoms with van der Waals surface area (Å²) >= 11 is 0. The third-order valence-electron chi connectivity index (χ3n) is 2.02. The van der Waals surface area contributed by atoms with Gasteiger partial charge in [-0.3, -0.25) is 4.79 Å². The molecule has 6 heteroatoms. The maximum Gasteiger partial charge on any atom is 0.306 e. The minimum Gasteiger partial charge on any atom is -0.382 e. The van der Waals surface area contributed by atoms with Crippen molar-refractivity contribution < 1.29 is 17.4 Å². The molecule has 17 heavy (non-hydrogen) atoms. The largest absolute Gasteiger partial charge is 0.382 e. The Morgan fingerprint density at radius 3 is 2.06 bits per heavy atom. The first kappa shape index (κ1) is 13.5. The number of amides is 1. The van der Waals surface area contributed by atoms with E-state index >= 15 is 0 Å². The van der Waals surface area contributed by atoms with Crippen LogP contribution in [0.2, 0.25) is 0 Å². The van der Waals surface area contributed by atoms with Crippen LogP contribution in [0.25, 0.3) is 0 Å². The van der Waals surface area contributed by atoms with Crippen molar-refractivity contribution >= 4 is 21.7 Å². The number of carbonyl (C=O) groups is 1. The number of hydrogen-bond acceptors (Lipinski definition) is 4. The van der Waals surface area contributed by atoms with Gasteiger partial charge >= 0.3 is 10.1 Å². The number of carbonyl (C=O) groups excluding carboxylic acids is 1. The highest BCUT2D eigenvalue weighted by molar-refractivity contribution is 7.86. The van der Waals surface area contributed by atoms with Gasteiger partial charge in [-0.15, -0.1) is 0 Å². The van der Waals surface area contributed by atoms with Crippen LogP contribution < -0.4 is 9.50 Å². The van der Waals surface area contributed by atoms with Crippen molar-refractivity contribution in [2.24, 2.45) is 0 Å². The van der Waals surface area contributed by atoms with Crippen molar-refractivity contribution in [3.05, 3.63) is 23.3 Å². The first-order valence-corrected chi connectivity index (χ1v) is 6.79. The summed E-state index contributed by atoms with van der Waals surface area (Å²) in [5.41, 5.74) is 1.92. The smallest absolute Gasteiger partial charge is 0.306 e. The quantitative estimate of drug-likeness (QED) is 0.835. The van der Waals surface area contributed by atoms with Crippen LogP contribution in [0.3, 0.4) is 0 Å². The summed E-state index contributed by atoms with van der Waals surface area (Å²) in [6.45, 7) is 4.85. The van der Waals surface area contributed by atoms with Crippen LogP contribution in [0.1, 0.15) is 18.1 Å². The second-order valence-electron chi connectivity index (χ2n) is 3.91. The minimum absolute atomic E-state index is 0.180. The fourth-order valence-electron chi connectivity index (χ4n) is 1.51. The second-order valence-corrected chi connectivity index (χ2v) is 5.48. The molecule has 0 saturated carbocycles. The van der Waals surface area contributed by atoms with E-state index in [1.807, 2.05) is 0 Å². The fraction of sp³-hybridized carbons (Fsp3) is 0.364. The molecule has 0 unspecified atom stereocenters. The van der Waals surface area contributed by atoms with Gasteiger partial charge in [0.25, 0.3) is 0 Å². The Bertz CT molecular complexity index is 526. The Morgan fingerprint density at radius 1 is 1.24 bits per heavy atom. The molecule has 0 aliphatic carbocycles. The Balaban J connectivity index is 3.15. The van der Waals surface area contributed by atoms with Crippen LogP contribution in [0, 0.1) is 13.8 Å². The summed E-state index contributed by atoms with van der Waals surface area (Å²) in [6.07, 6.45) is 0.994. The molecule has 0 saturated heterocycles. The molecule has 0 fully saturated rings. The molecule has 0 aromatic heterocycles. The van der Waals surface area contributed by atoms with Gasteiger partial charge in [-0.1, -0.05) is 0 Å². The molecule has 0 aliphatic rings. The molecule has 0 heterocycles.